The van der Waals surface area contributed by atoms with Gasteiger partial charge in [0.25, 0.3) is 0 Å². The zero-order chi connectivity index (χ0) is 16.3. The van der Waals surface area contributed by atoms with Gasteiger partial charge in [-0.25, -0.2) is 13.2 Å². The van der Waals surface area contributed by atoms with Crippen molar-refractivity contribution >= 4 is 17.3 Å². The Morgan fingerprint density at radius 1 is 1.05 bits per heavy atom. The number of benzene rings is 2. The number of aryl methyl sites for hydroxylation is 1. The SMILES string of the molecule is Cc1ccc(F)cc1NC(=O)C(C)Nc1ccc(F)c(F)c1. The lowest BCUT2D eigenvalue weighted by atomic mass is 10.2. The second-order valence-electron chi connectivity index (χ2n) is 4.94. The van der Waals surface area contributed by atoms with Crippen LogP contribution < -0.4 is 10.6 Å². The van der Waals surface area contributed by atoms with Gasteiger partial charge in [-0.2, -0.15) is 0 Å². The molecule has 0 heterocycles. The molecule has 0 saturated heterocycles. The Balaban J connectivity index is 2.05. The van der Waals surface area contributed by atoms with Crippen molar-refractivity contribution in [1.82, 2.24) is 0 Å². The molecule has 116 valence electrons. The second kappa shape index (κ2) is 6.51. The van der Waals surface area contributed by atoms with E-state index in [9.17, 15) is 18.0 Å². The number of hydrogen-bond acceptors (Lipinski definition) is 2. The van der Waals surface area contributed by atoms with Crippen LogP contribution in [0.5, 0.6) is 0 Å². The smallest absolute Gasteiger partial charge is 0.246 e. The van der Waals surface area contributed by atoms with Crippen LogP contribution in [0.2, 0.25) is 0 Å². The van der Waals surface area contributed by atoms with Crippen molar-refractivity contribution < 1.29 is 18.0 Å². The first-order chi connectivity index (χ1) is 10.4. The van der Waals surface area contributed by atoms with Crippen molar-refractivity contribution in [2.45, 2.75) is 19.9 Å². The molecule has 0 aliphatic heterocycles. The van der Waals surface area contributed by atoms with Crippen LogP contribution in [0.25, 0.3) is 0 Å². The van der Waals surface area contributed by atoms with E-state index >= 15 is 0 Å². The van der Waals surface area contributed by atoms with Crippen LogP contribution in [0.3, 0.4) is 0 Å². The maximum absolute atomic E-state index is 13.2. The van der Waals surface area contributed by atoms with Crippen molar-refractivity contribution in [3.05, 3.63) is 59.4 Å². The predicted octanol–water partition coefficient (Wildman–Crippen LogP) is 3.85. The molecule has 3 nitrogen and oxygen atoms in total. The number of rotatable bonds is 4. The highest BCUT2D eigenvalue weighted by Crippen LogP contribution is 2.18. The molecule has 0 aromatic heterocycles. The number of amides is 1. The van der Waals surface area contributed by atoms with Gasteiger partial charge in [-0.15, -0.1) is 0 Å². The van der Waals surface area contributed by atoms with E-state index < -0.39 is 29.4 Å². The van der Waals surface area contributed by atoms with Crippen LogP contribution in [-0.4, -0.2) is 11.9 Å². The van der Waals surface area contributed by atoms with Gasteiger partial charge in [0.05, 0.1) is 0 Å². The lowest BCUT2D eigenvalue weighted by Crippen LogP contribution is -2.32. The molecule has 0 radical (unpaired) electrons. The first kappa shape index (κ1) is 15.9. The second-order valence-corrected chi connectivity index (χ2v) is 4.94. The lowest BCUT2D eigenvalue weighted by Gasteiger charge is -2.16. The van der Waals surface area contributed by atoms with E-state index in [0.717, 1.165) is 17.7 Å². The molecule has 2 aromatic rings. The van der Waals surface area contributed by atoms with Crippen LogP contribution in [0.15, 0.2) is 36.4 Å². The summed E-state index contributed by atoms with van der Waals surface area (Å²) in [5, 5.41) is 5.34. The van der Waals surface area contributed by atoms with Gasteiger partial charge in [-0.05, 0) is 43.7 Å². The summed E-state index contributed by atoms with van der Waals surface area (Å²) in [7, 11) is 0. The van der Waals surface area contributed by atoms with Gasteiger partial charge in [-0.1, -0.05) is 6.07 Å². The summed E-state index contributed by atoms with van der Waals surface area (Å²) in [4.78, 5) is 12.1. The Hall–Kier alpha value is -2.50. The Bertz CT molecular complexity index is 704. The Kier molecular flexibility index (Phi) is 4.70. The normalized spacial score (nSPS) is 11.9. The molecule has 0 aliphatic rings. The van der Waals surface area contributed by atoms with Crippen molar-refractivity contribution in [2.75, 3.05) is 10.6 Å². The minimum absolute atomic E-state index is 0.275. The van der Waals surface area contributed by atoms with Crippen molar-refractivity contribution in [1.29, 1.82) is 0 Å². The average Bonchev–Trinajstić information content (AvgIpc) is 2.46. The molecule has 2 N–H and O–H groups in total. The van der Waals surface area contributed by atoms with E-state index in [1.54, 1.807) is 19.9 Å². The van der Waals surface area contributed by atoms with Crippen molar-refractivity contribution in [3.63, 3.8) is 0 Å². The van der Waals surface area contributed by atoms with Gasteiger partial charge in [0.15, 0.2) is 11.6 Å². The van der Waals surface area contributed by atoms with E-state index in [4.69, 9.17) is 0 Å². The van der Waals surface area contributed by atoms with Gasteiger partial charge < -0.3 is 10.6 Å². The topological polar surface area (TPSA) is 41.1 Å². The molecule has 0 bridgehead atoms. The number of carbonyl (C=O) groups excluding carboxylic acids is 1. The third-order valence-corrected chi connectivity index (χ3v) is 3.15. The fourth-order valence-corrected chi connectivity index (χ4v) is 1.87. The number of carbonyl (C=O) groups is 1. The Labute approximate surface area is 126 Å². The molecular formula is C16H15F3N2O. The Morgan fingerprint density at radius 3 is 2.45 bits per heavy atom. The van der Waals surface area contributed by atoms with Crippen LogP contribution in [-0.2, 0) is 4.79 Å². The molecule has 0 fully saturated rings. The van der Waals surface area contributed by atoms with Gasteiger partial charge in [0.2, 0.25) is 5.91 Å². The van der Waals surface area contributed by atoms with Gasteiger partial charge in [0, 0.05) is 17.4 Å². The van der Waals surface area contributed by atoms with E-state index in [1.807, 2.05) is 0 Å². The standard InChI is InChI=1S/C16H15F3N2O/c1-9-3-4-11(17)7-15(9)21-16(22)10(2)20-12-5-6-13(18)14(19)8-12/h3-8,10,20H,1-2H3,(H,21,22). The van der Waals surface area contributed by atoms with E-state index in [0.29, 0.717) is 5.69 Å². The van der Waals surface area contributed by atoms with Crippen LogP contribution in [0, 0.1) is 24.4 Å². The highest BCUT2D eigenvalue weighted by atomic mass is 19.2. The van der Waals surface area contributed by atoms with Gasteiger partial charge >= 0.3 is 0 Å². The quantitative estimate of drug-likeness (QED) is 0.900. The molecule has 2 aromatic carbocycles. The predicted molar refractivity (Wildman–Crippen MR) is 79.2 cm³/mol. The van der Waals surface area contributed by atoms with Crippen LogP contribution in [0.1, 0.15) is 12.5 Å². The number of halogens is 3. The highest BCUT2D eigenvalue weighted by molar-refractivity contribution is 5.96. The van der Waals surface area contributed by atoms with E-state index in [2.05, 4.69) is 10.6 Å². The van der Waals surface area contributed by atoms with Crippen LogP contribution >= 0.6 is 0 Å². The minimum atomic E-state index is -1.00. The summed E-state index contributed by atoms with van der Waals surface area (Å²) in [5.41, 5.74) is 1.36. The minimum Gasteiger partial charge on any atom is -0.374 e. The summed E-state index contributed by atoms with van der Waals surface area (Å²) < 4.78 is 39.1. The van der Waals surface area contributed by atoms with Gasteiger partial charge in [0.1, 0.15) is 11.9 Å². The summed E-state index contributed by atoms with van der Waals surface area (Å²) in [6, 6.07) is 6.62. The van der Waals surface area contributed by atoms with Gasteiger partial charge in [-0.3, -0.25) is 4.79 Å². The van der Waals surface area contributed by atoms with Crippen molar-refractivity contribution in [3.8, 4) is 0 Å². The van der Waals surface area contributed by atoms with E-state index in [1.165, 1.54) is 18.2 Å². The molecule has 0 saturated carbocycles. The molecule has 0 aliphatic carbocycles. The molecule has 1 amide bonds. The van der Waals surface area contributed by atoms with Crippen molar-refractivity contribution in [2.24, 2.45) is 0 Å². The Morgan fingerprint density at radius 2 is 1.77 bits per heavy atom. The molecule has 22 heavy (non-hydrogen) atoms. The number of hydrogen-bond donors (Lipinski definition) is 2. The number of nitrogens with one attached hydrogen (secondary N) is 2. The maximum Gasteiger partial charge on any atom is 0.246 e. The maximum atomic E-state index is 13.2. The highest BCUT2D eigenvalue weighted by Gasteiger charge is 2.15. The van der Waals surface area contributed by atoms with E-state index in [-0.39, 0.29) is 5.69 Å². The average molecular weight is 308 g/mol. The molecule has 2 rings (SSSR count). The molecule has 0 spiro atoms. The monoisotopic (exact) mass is 308 g/mol. The van der Waals surface area contributed by atoms with Crippen LogP contribution in [0.4, 0.5) is 24.5 Å². The summed E-state index contributed by atoms with van der Waals surface area (Å²) in [6.45, 7) is 3.30. The molecular weight excluding hydrogens is 293 g/mol. The third-order valence-electron chi connectivity index (χ3n) is 3.15. The molecule has 6 heteroatoms. The first-order valence-corrected chi connectivity index (χ1v) is 6.65. The summed E-state index contributed by atoms with van der Waals surface area (Å²) in [6.07, 6.45) is 0. The first-order valence-electron chi connectivity index (χ1n) is 6.65. The summed E-state index contributed by atoms with van der Waals surface area (Å²) in [5.74, 6) is -2.84. The zero-order valence-corrected chi connectivity index (χ0v) is 12.1. The third kappa shape index (κ3) is 3.78. The fraction of sp³-hybridized carbons (Fsp3) is 0.188. The fourth-order valence-electron chi connectivity index (χ4n) is 1.87. The zero-order valence-electron chi connectivity index (χ0n) is 12.1. The largest absolute Gasteiger partial charge is 0.374 e. The summed E-state index contributed by atoms with van der Waals surface area (Å²) >= 11 is 0. The lowest BCUT2D eigenvalue weighted by molar-refractivity contribution is -0.116. The number of anilines is 2. The molecule has 1 atom stereocenters. The molecule has 1 unspecified atom stereocenters.